The average Bonchev–Trinajstić information content (AvgIpc) is 2.17. The van der Waals surface area contributed by atoms with Gasteiger partial charge < -0.3 is 0 Å². The first-order valence-electron chi connectivity index (χ1n) is 30.6. The third-order valence-corrected chi connectivity index (χ3v) is 21.2. The molecule has 14 rings (SSSR count). The fourth-order valence-corrected chi connectivity index (χ4v) is 18.7. The van der Waals surface area contributed by atoms with Crippen LogP contribution in [0.1, 0.15) is 89.0 Å². The monoisotopic (exact) mass is 1060 g/mol. The van der Waals surface area contributed by atoms with Crippen LogP contribution in [-0.4, -0.2) is 26.9 Å². The maximum Gasteiger partial charge on any atom is 0.208 e. The highest BCUT2D eigenvalue weighted by Crippen LogP contribution is 2.49. The predicted molar refractivity (Wildman–Crippen MR) is 367 cm³/mol. The van der Waals surface area contributed by atoms with Crippen LogP contribution in [0.3, 0.4) is 0 Å². The van der Waals surface area contributed by atoms with Crippen molar-refractivity contribution < 1.29 is 0 Å². The van der Waals surface area contributed by atoms with Gasteiger partial charge >= 0.3 is 0 Å². The zero-order valence-electron chi connectivity index (χ0n) is 52.5. The highest BCUT2D eigenvalue weighted by atomic mass is 14.3. The lowest BCUT2D eigenvalue weighted by atomic mass is 9.43. The van der Waals surface area contributed by atoms with Crippen molar-refractivity contribution in [2.45, 2.75) is 138 Å². The van der Waals surface area contributed by atoms with Crippen LogP contribution in [0.25, 0.3) is 99.8 Å². The van der Waals surface area contributed by atoms with E-state index in [2.05, 4.69) is 235 Å². The highest BCUT2D eigenvalue weighted by Gasteiger charge is 2.38. The van der Waals surface area contributed by atoms with Crippen molar-refractivity contribution >= 4 is 81.3 Å². The molecule has 0 saturated carbocycles. The van der Waals surface area contributed by atoms with Gasteiger partial charge in [-0.15, -0.1) is 0 Å². The molecule has 0 amide bonds. The lowest BCUT2D eigenvalue weighted by Gasteiger charge is -2.25. The lowest BCUT2D eigenvalue weighted by Crippen LogP contribution is -2.38. The third-order valence-electron chi connectivity index (χ3n) is 21.2. The molecule has 10 aromatic rings. The smallest absolute Gasteiger partial charge is 0.0773 e. The van der Waals surface area contributed by atoms with E-state index in [1.54, 1.807) is 0 Å². The summed E-state index contributed by atoms with van der Waals surface area (Å²) in [4.78, 5) is 0. The first kappa shape index (κ1) is 52.8. The van der Waals surface area contributed by atoms with Crippen molar-refractivity contribution in [3.05, 3.63) is 186 Å². The predicted octanol–water partition coefficient (Wildman–Crippen LogP) is 15.3. The van der Waals surface area contributed by atoms with Crippen LogP contribution in [0.15, 0.2) is 97.1 Å². The van der Waals surface area contributed by atoms with Crippen LogP contribution in [-0.2, 0) is 0 Å². The Balaban J connectivity index is 1.12. The molecule has 0 aliphatic carbocycles. The van der Waals surface area contributed by atoms with E-state index in [0.717, 1.165) is 0 Å². The van der Waals surface area contributed by atoms with Crippen molar-refractivity contribution in [1.29, 1.82) is 0 Å². The van der Waals surface area contributed by atoms with Gasteiger partial charge in [0.15, 0.2) is 0 Å². The molecule has 0 atom stereocenters. The second-order valence-corrected chi connectivity index (χ2v) is 26.8. The summed E-state index contributed by atoms with van der Waals surface area (Å²) < 4.78 is 0. The van der Waals surface area contributed by atoms with Gasteiger partial charge in [0, 0.05) is 0 Å². The molecule has 0 aromatic heterocycles. The van der Waals surface area contributed by atoms with E-state index in [1.807, 2.05) is 0 Å². The maximum atomic E-state index is 2.64. The molecular formula is C78H76B4. The number of hydrogen-bond acceptors (Lipinski definition) is 0. The SMILES string of the molecule is CB1c2c(C)cc(C)cc2-c2cc(C)c(-c3cc(-c4c(C)cc5c(c4C)B(C)c4c(C)cc(C)cc4-5)c4cc(-c5c(C)cc6c(c5C)B(C)c5c(C)cc(C)cc5-6)cc(-c5c(C)cc6c(c5C)B(C)c5c(C)cc(C)cc5-6)c4c3)c(C)c21. The van der Waals surface area contributed by atoms with E-state index in [0.29, 0.717) is 13.4 Å². The third kappa shape index (κ3) is 7.15. The molecule has 4 aliphatic rings. The average molecular weight is 1060 g/mol. The van der Waals surface area contributed by atoms with Gasteiger partial charge in [0.1, 0.15) is 0 Å². The van der Waals surface area contributed by atoms with Gasteiger partial charge in [0.25, 0.3) is 0 Å². The largest absolute Gasteiger partial charge is 0.208 e. The van der Waals surface area contributed by atoms with Crippen LogP contribution in [0.4, 0.5) is 0 Å². The molecule has 10 aromatic carbocycles. The van der Waals surface area contributed by atoms with Crippen molar-refractivity contribution in [3.8, 4) is 89.0 Å². The van der Waals surface area contributed by atoms with Crippen LogP contribution < -0.4 is 43.7 Å². The minimum atomic E-state index is 0.285. The van der Waals surface area contributed by atoms with Gasteiger partial charge in [-0.1, -0.05) is 188 Å². The van der Waals surface area contributed by atoms with E-state index in [9.17, 15) is 0 Å². The second-order valence-electron chi connectivity index (χ2n) is 26.8. The molecule has 4 heterocycles. The Hall–Kier alpha value is -7.28. The lowest BCUT2D eigenvalue weighted by molar-refractivity contribution is 1.38. The Morgan fingerprint density at radius 3 is 0.671 bits per heavy atom. The fraction of sp³-hybridized carbons (Fsp3) is 0.256. The zero-order valence-corrected chi connectivity index (χ0v) is 52.5. The standard InChI is InChI=1S/C78H76B4/c1-37-21-45(9)71-59(25-37)63-29-41(5)67(49(13)75(63)79(71)17)53-33-55-56(57(35-53)69-43(7)31-65-61-27-39(3)23-47(11)73(61)81(19)77(65)51(69)15)34-54(68-42(6)30-64-60-26-38(2)22-46(10)72(60)80(18)76(64)50(68)14)36-58(55)70-44(8)32-66-62-28-40(4)24-48(12)74(62)82(20)78(66)52(70)16/h21-36H,1-20H3. The van der Waals surface area contributed by atoms with Crippen LogP contribution >= 0.6 is 0 Å². The van der Waals surface area contributed by atoms with Gasteiger partial charge in [-0.05, 0) is 279 Å². The minimum absolute atomic E-state index is 0.285. The van der Waals surface area contributed by atoms with E-state index in [1.165, 1.54) is 233 Å². The molecule has 0 spiro atoms. The van der Waals surface area contributed by atoms with Gasteiger partial charge in [0.05, 0.1) is 0 Å². The Morgan fingerprint density at radius 1 is 0.195 bits per heavy atom. The van der Waals surface area contributed by atoms with Crippen LogP contribution in [0.2, 0.25) is 27.3 Å². The summed E-state index contributed by atoms with van der Waals surface area (Å²) in [7, 11) is 0. The maximum absolute atomic E-state index is 2.64. The van der Waals surface area contributed by atoms with Gasteiger partial charge in [0.2, 0.25) is 26.9 Å². The summed E-state index contributed by atoms with van der Waals surface area (Å²) in [5.74, 6) is 0. The van der Waals surface area contributed by atoms with Gasteiger partial charge in [-0.25, -0.2) is 0 Å². The van der Waals surface area contributed by atoms with Crippen molar-refractivity contribution in [3.63, 3.8) is 0 Å². The summed E-state index contributed by atoms with van der Waals surface area (Å²) in [6.07, 6.45) is 0. The molecule has 0 bridgehead atoms. The Morgan fingerprint density at radius 2 is 0.415 bits per heavy atom. The molecule has 0 nitrogen and oxygen atoms in total. The van der Waals surface area contributed by atoms with Crippen LogP contribution in [0.5, 0.6) is 0 Å². The van der Waals surface area contributed by atoms with Gasteiger partial charge in [-0.2, -0.15) is 0 Å². The second kappa shape index (κ2) is 18.1. The Kier molecular flexibility index (Phi) is 11.7. The molecule has 0 N–H and O–H groups in total. The first-order chi connectivity index (χ1) is 38.9. The Labute approximate surface area is 491 Å². The summed E-state index contributed by atoms with van der Waals surface area (Å²) in [5, 5.41) is 2.65. The number of rotatable bonds is 4. The normalized spacial score (nSPS) is 13.3. The molecule has 4 heteroatoms. The molecule has 0 fully saturated rings. The summed E-state index contributed by atoms with van der Waals surface area (Å²) in [5.41, 5.74) is 55.9. The molecule has 0 saturated heterocycles. The molecule has 82 heavy (non-hydrogen) atoms. The molecular weight excluding hydrogens is 980 g/mol. The molecule has 0 radical (unpaired) electrons. The Bertz CT molecular complexity index is 4340. The summed E-state index contributed by atoms with van der Waals surface area (Å²) in [6.45, 7) is 48.7. The van der Waals surface area contributed by atoms with Crippen molar-refractivity contribution in [1.82, 2.24) is 0 Å². The fourth-order valence-electron chi connectivity index (χ4n) is 18.7. The highest BCUT2D eigenvalue weighted by molar-refractivity contribution is 6.91. The molecule has 0 unspecified atom stereocenters. The number of aryl methyl sites for hydroxylation is 12. The van der Waals surface area contributed by atoms with Gasteiger partial charge in [-0.3, -0.25) is 0 Å². The zero-order chi connectivity index (χ0) is 57.9. The molecule has 400 valence electrons. The number of benzene rings is 10. The van der Waals surface area contributed by atoms with Crippen molar-refractivity contribution in [2.75, 3.05) is 0 Å². The molecule has 4 aliphatic heterocycles. The van der Waals surface area contributed by atoms with Crippen LogP contribution in [0, 0.1) is 111 Å². The van der Waals surface area contributed by atoms with E-state index < -0.39 is 0 Å². The quantitative estimate of drug-likeness (QED) is 0.154. The topological polar surface area (TPSA) is 0 Å². The van der Waals surface area contributed by atoms with E-state index >= 15 is 0 Å². The summed E-state index contributed by atoms with van der Waals surface area (Å²) in [6, 6.07) is 40.1. The van der Waals surface area contributed by atoms with Crippen molar-refractivity contribution in [2.24, 2.45) is 0 Å². The number of fused-ring (bicyclic) bond motifs is 13. The number of hydrogen-bond donors (Lipinski definition) is 0. The van der Waals surface area contributed by atoms with E-state index in [4.69, 9.17) is 0 Å². The summed E-state index contributed by atoms with van der Waals surface area (Å²) >= 11 is 0. The van der Waals surface area contributed by atoms with E-state index in [-0.39, 0.29) is 13.4 Å². The first-order valence-corrected chi connectivity index (χ1v) is 30.6. The minimum Gasteiger partial charge on any atom is -0.0773 e.